The van der Waals surface area contributed by atoms with Crippen LogP contribution in [0.3, 0.4) is 0 Å². The van der Waals surface area contributed by atoms with E-state index in [1.54, 1.807) is 0 Å². The summed E-state index contributed by atoms with van der Waals surface area (Å²) in [5.74, 6) is 0.680. The minimum absolute atomic E-state index is 0.632. The number of likely N-dealkylation sites (N-methyl/N-ethyl adjacent to an activating group) is 1. The number of benzene rings is 2. The van der Waals surface area contributed by atoms with Gasteiger partial charge in [-0.3, -0.25) is 0 Å². The molecule has 22 heavy (non-hydrogen) atoms. The Morgan fingerprint density at radius 3 is 2.45 bits per heavy atom. The molecule has 0 spiro atoms. The summed E-state index contributed by atoms with van der Waals surface area (Å²) in [5, 5.41) is 2.30. The molecular weight excluding hydrogens is 272 g/mol. The Balaban J connectivity index is 2.01. The molecule has 0 aliphatic carbocycles. The van der Waals surface area contributed by atoms with Gasteiger partial charge in [-0.2, -0.15) is 0 Å². The van der Waals surface area contributed by atoms with Gasteiger partial charge in [0.15, 0.2) is 0 Å². The van der Waals surface area contributed by atoms with Crippen molar-refractivity contribution in [3.05, 3.63) is 60.7 Å². The van der Waals surface area contributed by atoms with Crippen LogP contribution < -0.4 is 4.74 Å². The Morgan fingerprint density at radius 2 is 1.68 bits per heavy atom. The van der Waals surface area contributed by atoms with Gasteiger partial charge in [0.05, 0.1) is 5.69 Å². The number of aromatic nitrogens is 1. The number of nitrogens with zero attached hydrogens (tertiary/aromatic N) is 2. The minimum Gasteiger partial charge on any atom is -0.476 e. The zero-order valence-corrected chi connectivity index (χ0v) is 13.0. The second-order valence-electron chi connectivity index (χ2n) is 5.55. The molecule has 0 saturated heterocycles. The van der Waals surface area contributed by atoms with E-state index in [4.69, 9.17) is 9.72 Å². The van der Waals surface area contributed by atoms with E-state index in [9.17, 15) is 0 Å². The number of pyridine rings is 1. The molecule has 0 radical (unpaired) electrons. The van der Waals surface area contributed by atoms with Crippen molar-refractivity contribution < 1.29 is 4.74 Å². The van der Waals surface area contributed by atoms with Crippen molar-refractivity contribution >= 4 is 10.8 Å². The summed E-state index contributed by atoms with van der Waals surface area (Å²) in [4.78, 5) is 6.82. The fraction of sp³-hybridized carbons (Fsp3) is 0.211. The van der Waals surface area contributed by atoms with Crippen molar-refractivity contribution in [2.45, 2.75) is 0 Å². The summed E-state index contributed by atoms with van der Waals surface area (Å²) >= 11 is 0. The Morgan fingerprint density at radius 1 is 0.955 bits per heavy atom. The molecule has 0 aliphatic rings. The van der Waals surface area contributed by atoms with Crippen LogP contribution in [-0.4, -0.2) is 37.1 Å². The van der Waals surface area contributed by atoms with Gasteiger partial charge in [0.1, 0.15) is 6.61 Å². The Bertz CT molecular complexity index is 754. The number of hydrogen-bond acceptors (Lipinski definition) is 3. The summed E-state index contributed by atoms with van der Waals surface area (Å²) in [6, 6.07) is 20.5. The highest BCUT2D eigenvalue weighted by atomic mass is 16.5. The lowest BCUT2D eigenvalue weighted by atomic mass is 10.0. The monoisotopic (exact) mass is 292 g/mol. The van der Waals surface area contributed by atoms with Gasteiger partial charge < -0.3 is 9.64 Å². The van der Waals surface area contributed by atoms with Crippen molar-refractivity contribution in [3.63, 3.8) is 0 Å². The summed E-state index contributed by atoms with van der Waals surface area (Å²) in [6.07, 6.45) is 0. The second-order valence-corrected chi connectivity index (χ2v) is 5.55. The number of rotatable bonds is 5. The number of fused-ring (bicyclic) bond motifs is 1. The predicted octanol–water partition coefficient (Wildman–Crippen LogP) is 3.84. The van der Waals surface area contributed by atoms with Gasteiger partial charge in [-0.25, -0.2) is 4.98 Å². The normalized spacial score (nSPS) is 11.0. The maximum Gasteiger partial charge on any atom is 0.214 e. The smallest absolute Gasteiger partial charge is 0.214 e. The summed E-state index contributed by atoms with van der Waals surface area (Å²) in [5.41, 5.74) is 2.08. The van der Waals surface area contributed by atoms with Gasteiger partial charge in [-0.15, -0.1) is 0 Å². The lowest BCUT2D eigenvalue weighted by molar-refractivity contribution is 0.254. The van der Waals surface area contributed by atoms with Crippen LogP contribution in [0.15, 0.2) is 60.7 Å². The molecule has 3 aromatic rings. The largest absolute Gasteiger partial charge is 0.476 e. The van der Waals surface area contributed by atoms with E-state index >= 15 is 0 Å². The maximum absolute atomic E-state index is 5.83. The van der Waals surface area contributed by atoms with E-state index in [1.807, 2.05) is 50.5 Å². The topological polar surface area (TPSA) is 25.4 Å². The van der Waals surface area contributed by atoms with Gasteiger partial charge in [-0.05, 0) is 19.5 Å². The van der Waals surface area contributed by atoms with Crippen molar-refractivity contribution in [1.29, 1.82) is 0 Å². The first kappa shape index (κ1) is 14.5. The van der Waals surface area contributed by atoms with Crippen LogP contribution >= 0.6 is 0 Å². The average molecular weight is 292 g/mol. The lowest BCUT2D eigenvalue weighted by Crippen LogP contribution is -2.19. The van der Waals surface area contributed by atoms with Crippen LogP contribution in [0.2, 0.25) is 0 Å². The molecule has 3 rings (SSSR count). The fourth-order valence-corrected chi connectivity index (χ4v) is 2.40. The first-order chi connectivity index (χ1) is 10.7. The first-order valence-corrected chi connectivity index (χ1v) is 7.47. The third-order valence-electron chi connectivity index (χ3n) is 3.55. The zero-order valence-electron chi connectivity index (χ0n) is 13.0. The van der Waals surface area contributed by atoms with Gasteiger partial charge in [0.2, 0.25) is 5.88 Å². The second kappa shape index (κ2) is 6.58. The number of hydrogen-bond donors (Lipinski definition) is 0. The molecule has 0 aliphatic heterocycles. The maximum atomic E-state index is 5.83. The Hall–Kier alpha value is -2.39. The van der Waals surface area contributed by atoms with Crippen LogP contribution in [0.1, 0.15) is 0 Å². The first-order valence-electron chi connectivity index (χ1n) is 7.47. The molecule has 112 valence electrons. The molecule has 3 nitrogen and oxygen atoms in total. The zero-order chi connectivity index (χ0) is 15.4. The highest BCUT2D eigenvalue weighted by molar-refractivity contribution is 5.95. The summed E-state index contributed by atoms with van der Waals surface area (Å²) in [7, 11) is 4.07. The third kappa shape index (κ3) is 3.26. The van der Waals surface area contributed by atoms with Crippen LogP contribution in [-0.2, 0) is 0 Å². The van der Waals surface area contributed by atoms with Crippen LogP contribution in [0.4, 0.5) is 0 Å². The van der Waals surface area contributed by atoms with Crippen LogP contribution in [0.25, 0.3) is 22.0 Å². The molecule has 2 aromatic carbocycles. The van der Waals surface area contributed by atoms with E-state index in [-0.39, 0.29) is 0 Å². The molecule has 0 atom stereocenters. The molecule has 0 amide bonds. The third-order valence-corrected chi connectivity index (χ3v) is 3.55. The molecule has 0 saturated carbocycles. The average Bonchev–Trinajstić information content (AvgIpc) is 2.54. The molecular formula is C19H20N2O. The van der Waals surface area contributed by atoms with Gasteiger partial charge >= 0.3 is 0 Å². The van der Waals surface area contributed by atoms with Crippen molar-refractivity contribution in [3.8, 4) is 17.1 Å². The highest BCUT2D eigenvalue weighted by Gasteiger charge is 2.08. The summed E-state index contributed by atoms with van der Waals surface area (Å²) in [6.45, 7) is 1.50. The van der Waals surface area contributed by atoms with E-state index in [1.165, 1.54) is 0 Å². The van der Waals surface area contributed by atoms with Crippen molar-refractivity contribution in [2.24, 2.45) is 0 Å². The quantitative estimate of drug-likeness (QED) is 0.714. The molecule has 0 N–H and O–H groups in total. The molecule has 1 heterocycles. The fourth-order valence-electron chi connectivity index (χ4n) is 2.40. The van der Waals surface area contributed by atoms with E-state index in [2.05, 4.69) is 29.2 Å². The highest BCUT2D eigenvalue weighted by Crippen LogP contribution is 2.29. The standard InChI is InChI=1S/C19H20N2O/c1-21(2)12-13-22-18-14-16-10-6-7-11-17(16)19(20-18)15-8-4-3-5-9-15/h3-11,14H,12-13H2,1-2H3. The van der Waals surface area contributed by atoms with Gasteiger partial charge in [0, 0.05) is 23.6 Å². The lowest BCUT2D eigenvalue weighted by Gasteiger charge is -2.13. The van der Waals surface area contributed by atoms with E-state index in [0.29, 0.717) is 12.5 Å². The Labute approximate surface area is 131 Å². The molecule has 1 aromatic heterocycles. The molecule has 3 heteroatoms. The number of ether oxygens (including phenoxy) is 1. The van der Waals surface area contributed by atoms with Gasteiger partial charge in [-0.1, -0.05) is 54.6 Å². The Kier molecular flexibility index (Phi) is 4.35. The predicted molar refractivity (Wildman–Crippen MR) is 91.2 cm³/mol. The van der Waals surface area contributed by atoms with E-state index in [0.717, 1.165) is 28.6 Å². The van der Waals surface area contributed by atoms with Crippen LogP contribution in [0, 0.1) is 0 Å². The van der Waals surface area contributed by atoms with Crippen molar-refractivity contribution in [2.75, 3.05) is 27.2 Å². The van der Waals surface area contributed by atoms with Gasteiger partial charge in [0.25, 0.3) is 0 Å². The van der Waals surface area contributed by atoms with E-state index < -0.39 is 0 Å². The van der Waals surface area contributed by atoms with Crippen LogP contribution in [0.5, 0.6) is 5.88 Å². The molecule has 0 fully saturated rings. The SMILES string of the molecule is CN(C)CCOc1cc2ccccc2c(-c2ccccc2)n1. The summed E-state index contributed by atoms with van der Waals surface area (Å²) < 4.78 is 5.83. The molecule has 0 bridgehead atoms. The molecule has 0 unspecified atom stereocenters. The van der Waals surface area contributed by atoms with Crippen molar-refractivity contribution in [1.82, 2.24) is 9.88 Å². The minimum atomic E-state index is 0.632.